The Hall–Kier alpha value is -1.82. The third kappa shape index (κ3) is 2.96. The maximum atomic E-state index is 12.6. The second-order valence-electron chi connectivity index (χ2n) is 4.06. The van der Waals surface area contributed by atoms with Crippen LogP contribution in [0.25, 0.3) is 10.9 Å². The molecule has 0 spiro atoms. The van der Waals surface area contributed by atoms with Crippen LogP contribution in [0.15, 0.2) is 24.3 Å². The molecule has 1 N–H and O–H groups in total. The van der Waals surface area contributed by atoms with Crippen molar-refractivity contribution in [3.63, 3.8) is 0 Å². The number of rotatable bonds is 3. The molecule has 1 aromatic heterocycles. The van der Waals surface area contributed by atoms with E-state index in [1.54, 1.807) is 13.0 Å². The third-order valence-electron chi connectivity index (χ3n) is 2.58. The van der Waals surface area contributed by atoms with Crippen molar-refractivity contribution in [1.29, 1.82) is 0 Å². The number of pyridine rings is 1. The van der Waals surface area contributed by atoms with Gasteiger partial charge >= 0.3 is 6.18 Å². The van der Waals surface area contributed by atoms with Gasteiger partial charge in [-0.2, -0.15) is 13.2 Å². The van der Waals surface area contributed by atoms with Gasteiger partial charge in [-0.1, -0.05) is 0 Å². The number of hydrogen-bond donors (Lipinski definition) is 1. The van der Waals surface area contributed by atoms with Crippen LogP contribution in [0.4, 0.5) is 13.2 Å². The van der Waals surface area contributed by atoms with E-state index in [4.69, 9.17) is 9.84 Å². The van der Waals surface area contributed by atoms with Crippen molar-refractivity contribution in [2.75, 3.05) is 13.2 Å². The van der Waals surface area contributed by atoms with Crippen molar-refractivity contribution < 1.29 is 23.0 Å². The van der Waals surface area contributed by atoms with Crippen molar-refractivity contribution in [3.05, 3.63) is 35.5 Å². The summed E-state index contributed by atoms with van der Waals surface area (Å²) in [6, 6.07) is 4.95. The average molecular weight is 271 g/mol. The monoisotopic (exact) mass is 271 g/mol. The summed E-state index contributed by atoms with van der Waals surface area (Å²) in [7, 11) is 0. The number of aromatic nitrogens is 1. The zero-order chi connectivity index (χ0) is 14.0. The molecule has 3 nitrogen and oxygen atoms in total. The SMILES string of the molecule is Cc1cc(OCCO)c2ccc(C(F)(F)F)cc2n1. The lowest BCUT2D eigenvalue weighted by atomic mass is 10.1. The minimum atomic E-state index is -4.40. The molecule has 0 amide bonds. The molecule has 6 heteroatoms. The van der Waals surface area contributed by atoms with Gasteiger partial charge in [-0.3, -0.25) is 4.98 Å². The molecule has 0 aliphatic heterocycles. The summed E-state index contributed by atoms with van der Waals surface area (Å²) in [6.45, 7) is 1.59. The van der Waals surface area contributed by atoms with Crippen LogP contribution >= 0.6 is 0 Å². The Kier molecular flexibility index (Phi) is 3.61. The van der Waals surface area contributed by atoms with Gasteiger partial charge in [0, 0.05) is 17.1 Å². The topological polar surface area (TPSA) is 42.4 Å². The van der Waals surface area contributed by atoms with Crippen LogP contribution in [0, 0.1) is 6.92 Å². The highest BCUT2D eigenvalue weighted by Gasteiger charge is 2.30. The molecule has 2 rings (SSSR count). The smallest absolute Gasteiger partial charge is 0.416 e. The molecule has 0 fully saturated rings. The lowest BCUT2D eigenvalue weighted by Crippen LogP contribution is -2.06. The van der Waals surface area contributed by atoms with Crippen LogP contribution in [-0.4, -0.2) is 23.3 Å². The fraction of sp³-hybridized carbons (Fsp3) is 0.308. The molecule has 19 heavy (non-hydrogen) atoms. The van der Waals surface area contributed by atoms with E-state index in [0.29, 0.717) is 16.8 Å². The Balaban J connectivity index is 2.55. The average Bonchev–Trinajstić information content (AvgIpc) is 2.33. The number of benzene rings is 1. The highest BCUT2D eigenvalue weighted by atomic mass is 19.4. The number of aliphatic hydroxyl groups excluding tert-OH is 1. The van der Waals surface area contributed by atoms with Gasteiger partial charge in [0.25, 0.3) is 0 Å². The molecule has 0 bridgehead atoms. The van der Waals surface area contributed by atoms with Crippen molar-refractivity contribution in [2.24, 2.45) is 0 Å². The molecule has 0 saturated heterocycles. The number of nitrogens with zero attached hydrogens (tertiary/aromatic N) is 1. The molecule has 102 valence electrons. The van der Waals surface area contributed by atoms with Gasteiger partial charge in [0.15, 0.2) is 0 Å². The minimum Gasteiger partial charge on any atom is -0.490 e. The van der Waals surface area contributed by atoms with Gasteiger partial charge in [-0.05, 0) is 25.1 Å². The summed E-state index contributed by atoms with van der Waals surface area (Å²) in [6.07, 6.45) is -4.40. The molecular formula is C13H12F3NO2. The van der Waals surface area contributed by atoms with Gasteiger partial charge in [-0.15, -0.1) is 0 Å². The van der Waals surface area contributed by atoms with Gasteiger partial charge in [-0.25, -0.2) is 0 Å². The predicted molar refractivity (Wildman–Crippen MR) is 64.1 cm³/mol. The normalized spacial score (nSPS) is 11.8. The van der Waals surface area contributed by atoms with Gasteiger partial charge in [0.05, 0.1) is 17.7 Å². The van der Waals surface area contributed by atoms with Crippen LogP contribution in [-0.2, 0) is 6.18 Å². The number of alkyl halides is 3. The standard InChI is InChI=1S/C13H12F3NO2/c1-8-6-12(19-5-4-18)10-3-2-9(13(14,15)16)7-11(10)17-8/h2-3,6-7,18H,4-5H2,1H3. The summed E-state index contributed by atoms with van der Waals surface area (Å²) in [4.78, 5) is 4.08. The van der Waals surface area contributed by atoms with E-state index in [-0.39, 0.29) is 18.7 Å². The Morgan fingerprint density at radius 1 is 1.26 bits per heavy atom. The minimum absolute atomic E-state index is 0.0829. The molecule has 0 aliphatic carbocycles. The Bertz CT molecular complexity index is 596. The number of ether oxygens (including phenoxy) is 1. The zero-order valence-electron chi connectivity index (χ0n) is 10.2. The maximum Gasteiger partial charge on any atom is 0.416 e. The summed E-state index contributed by atoms with van der Waals surface area (Å²) < 4.78 is 43.2. The van der Waals surface area contributed by atoms with Crippen molar-refractivity contribution >= 4 is 10.9 Å². The second-order valence-corrected chi connectivity index (χ2v) is 4.06. The summed E-state index contributed by atoms with van der Waals surface area (Å²) in [5.74, 6) is 0.422. The van der Waals surface area contributed by atoms with E-state index in [0.717, 1.165) is 12.1 Å². The first kappa shape index (κ1) is 13.6. The fourth-order valence-corrected chi connectivity index (χ4v) is 1.77. The number of halogens is 3. The third-order valence-corrected chi connectivity index (χ3v) is 2.58. The molecule has 0 aliphatic rings. The Labute approximate surface area is 107 Å². The lowest BCUT2D eigenvalue weighted by Gasteiger charge is -2.11. The zero-order valence-corrected chi connectivity index (χ0v) is 10.2. The van der Waals surface area contributed by atoms with Crippen LogP contribution in [0.5, 0.6) is 5.75 Å². The quantitative estimate of drug-likeness (QED) is 0.933. The van der Waals surface area contributed by atoms with Crippen molar-refractivity contribution in [3.8, 4) is 5.75 Å². The van der Waals surface area contributed by atoms with E-state index >= 15 is 0 Å². The van der Waals surface area contributed by atoms with Gasteiger partial charge in [0.1, 0.15) is 12.4 Å². The lowest BCUT2D eigenvalue weighted by molar-refractivity contribution is -0.137. The summed E-state index contributed by atoms with van der Waals surface area (Å²) in [5, 5.41) is 9.22. The number of aryl methyl sites for hydroxylation is 1. The van der Waals surface area contributed by atoms with E-state index in [2.05, 4.69) is 4.98 Å². The Morgan fingerprint density at radius 3 is 2.63 bits per heavy atom. The number of hydrogen-bond acceptors (Lipinski definition) is 3. The van der Waals surface area contributed by atoms with Gasteiger partial charge < -0.3 is 9.84 Å². The van der Waals surface area contributed by atoms with Crippen LogP contribution in [0.3, 0.4) is 0 Å². The van der Waals surface area contributed by atoms with E-state index in [1.807, 2.05) is 0 Å². The fourth-order valence-electron chi connectivity index (χ4n) is 1.77. The first-order valence-electron chi connectivity index (χ1n) is 5.64. The molecule has 2 aromatic rings. The molecule has 0 unspecified atom stereocenters. The molecule has 0 saturated carbocycles. The van der Waals surface area contributed by atoms with Crippen LogP contribution in [0.2, 0.25) is 0 Å². The summed E-state index contributed by atoms with van der Waals surface area (Å²) >= 11 is 0. The van der Waals surface area contributed by atoms with E-state index in [1.165, 1.54) is 6.07 Å². The van der Waals surface area contributed by atoms with Crippen molar-refractivity contribution in [1.82, 2.24) is 4.98 Å². The highest BCUT2D eigenvalue weighted by Crippen LogP contribution is 2.33. The van der Waals surface area contributed by atoms with E-state index < -0.39 is 11.7 Å². The van der Waals surface area contributed by atoms with Crippen LogP contribution in [0.1, 0.15) is 11.3 Å². The number of fused-ring (bicyclic) bond motifs is 1. The van der Waals surface area contributed by atoms with Crippen LogP contribution < -0.4 is 4.74 Å². The van der Waals surface area contributed by atoms with E-state index in [9.17, 15) is 13.2 Å². The highest BCUT2D eigenvalue weighted by molar-refractivity contribution is 5.86. The molecule has 0 atom stereocenters. The first-order chi connectivity index (χ1) is 8.91. The molecule has 0 radical (unpaired) electrons. The molecule has 1 aromatic carbocycles. The molecular weight excluding hydrogens is 259 g/mol. The second kappa shape index (κ2) is 5.05. The summed E-state index contributed by atoms with van der Waals surface area (Å²) in [5.41, 5.74) is 0.0359. The number of aliphatic hydroxyl groups is 1. The predicted octanol–water partition coefficient (Wildman–Crippen LogP) is 2.93. The first-order valence-corrected chi connectivity index (χ1v) is 5.64. The van der Waals surface area contributed by atoms with Crippen molar-refractivity contribution in [2.45, 2.75) is 13.1 Å². The Morgan fingerprint density at radius 2 is 2.00 bits per heavy atom. The maximum absolute atomic E-state index is 12.6. The molecule has 1 heterocycles. The largest absolute Gasteiger partial charge is 0.490 e. The van der Waals surface area contributed by atoms with Gasteiger partial charge in [0.2, 0.25) is 0 Å².